The highest BCUT2D eigenvalue weighted by atomic mass is 32.2. The SMILES string of the molecule is C1COC(c2nnc3n2NC2CCCCC2S3)C1. The molecule has 3 heterocycles. The van der Waals surface area contributed by atoms with Crippen LogP contribution in [0.2, 0.25) is 0 Å². The predicted molar refractivity (Wildman–Crippen MR) is 69.2 cm³/mol. The third-order valence-electron chi connectivity index (χ3n) is 4.13. The molecule has 0 aromatic carbocycles. The molecule has 0 spiro atoms. The molecule has 0 radical (unpaired) electrons. The Hall–Kier alpha value is -0.750. The summed E-state index contributed by atoms with van der Waals surface area (Å²) in [7, 11) is 0. The monoisotopic (exact) mass is 266 g/mol. The predicted octanol–water partition coefficient (Wildman–Crippen LogP) is 2.09. The third-order valence-corrected chi connectivity index (χ3v) is 5.47. The van der Waals surface area contributed by atoms with Crippen LogP contribution in [-0.2, 0) is 4.74 Å². The van der Waals surface area contributed by atoms with Gasteiger partial charge in [-0.05, 0) is 25.7 Å². The van der Waals surface area contributed by atoms with Crippen LogP contribution in [0.25, 0.3) is 0 Å². The van der Waals surface area contributed by atoms with Gasteiger partial charge in [-0.1, -0.05) is 24.6 Å². The Labute approximate surface area is 111 Å². The Kier molecular flexibility index (Phi) is 2.73. The van der Waals surface area contributed by atoms with E-state index in [9.17, 15) is 0 Å². The van der Waals surface area contributed by atoms with E-state index in [1.165, 1.54) is 25.7 Å². The smallest absolute Gasteiger partial charge is 0.210 e. The quantitative estimate of drug-likeness (QED) is 0.843. The van der Waals surface area contributed by atoms with Gasteiger partial charge in [0.15, 0.2) is 5.82 Å². The number of rotatable bonds is 1. The van der Waals surface area contributed by atoms with Crippen LogP contribution >= 0.6 is 11.8 Å². The molecule has 1 aliphatic carbocycles. The first kappa shape index (κ1) is 11.1. The minimum Gasteiger partial charge on any atom is -0.370 e. The molecule has 2 fully saturated rings. The molecule has 0 amide bonds. The van der Waals surface area contributed by atoms with Crippen molar-refractivity contribution in [2.75, 3.05) is 12.0 Å². The van der Waals surface area contributed by atoms with Gasteiger partial charge in [-0.25, -0.2) is 4.68 Å². The van der Waals surface area contributed by atoms with Crippen LogP contribution in [0.5, 0.6) is 0 Å². The van der Waals surface area contributed by atoms with Crippen LogP contribution in [0.1, 0.15) is 50.5 Å². The number of nitrogens with one attached hydrogen (secondary N) is 1. The number of hydrogen-bond donors (Lipinski definition) is 1. The minimum absolute atomic E-state index is 0.138. The van der Waals surface area contributed by atoms with E-state index in [2.05, 4.69) is 20.3 Å². The summed E-state index contributed by atoms with van der Waals surface area (Å²) in [5.74, 6) is 0.971. The van der Waals surface area contributed by atoms with Crippen molar-refractivity contribution < 1.29 is 4.74 Å². The summed E-state index contributed by atoms with van der Waals surface area (Å²) >= 11 is 1.89. The Morgan fingerprint density at radius 2 is 2.11 bits per heavy atom. The Morgan fingerprint density at radius 3 is 3.00 bits per heavy atom. The van der Waals surface area contributed by atoms with Crippen LogP contribution in [0.15, 0.2) is 5.16 Å². The van der Waals surface area contributed by atoms with Crippen molar-refractivity contribution in [2.24, 2.45) is 0 Å². The van der Waals surface area contributed by atoms with E-state index in [1.54, 1.807) is 0 Å². The Balaban J connectivity index is 1.63. The van der Waals surface area contributed by atoms with Crippen LogP contribution in [0, 0.1) is 0 Å². The molecule has 1 aromatic rings. The molecule has 5 nitrogen and oxygen atoms in total. The molecule has 1 saturated heterocycles. The maximum atomic E-state index is 5.73. The van der Waals surface area contributed by atoms with Gasteiger partial charge in [0.25, 0.3) is 0 Å². The standard InChI is InChI=1S/C12H18N4OS/c1-2-6-10-8(4-1)15-16-11(9-5-3-7-17-9)13-14-12(16)18-10/h8-10,15H,1-7H2. The van der Waals surface area contributed by atoms with Crippen molar-refractivity contribution in [3.05, 3.63) is 5.82 Å². The van der Waals surface area contributed by atoms with E-state index in [-0.39, 0.29) is 6.10 Å². The van der Waals surface area contributed by atoms with Crippen molar-refractivity contribution in [1.29, 1.82) is 0 Å². The number of hydrogen-bond acceptors (Lipinski definition) is 5. The number of fused-ring (bicyclic) bond motifs is 2. The third kappa shape index (κ3) is 1.73. The highest BCUT2D eigenvalue weighted by Crippen LogP contribution is 2.38. The molecule has 4 rings (SSSR count). The maximum Gasteiger partial charge on any atom is 0.210 e. The van der Waals surface area contributed by atoms with Crippen LogP contribution in [-0.4, -0.2) is 32.8 Å². The number of ether oxygens (including phenoxy) is 1. The van der Waals surface area contributed by atoms with Crippen LogP contribution in [0.4, 0.5) is 0 Å². The normalized spacial score (nSPS) is 34.8. The van der Waals surface area contributed by atoms with Crippen LogP contribution in [0.3, 0.4) is 0 Å². The summed E-state index contributed by atoms with van der Waals surface area (Å²) in [4.78, 5) is 0. The Morgan fingerprint density at radius 1 is 1.17 bits per heavy atom. The Bertz CT molecular complexity index is 443. The lowest BCUT2D eigenvalue weighted by molar-refractivity contribution is 0.102. The van der Waals surface area contributed by atoms with Gasteiger partial charge in [-0.15, -0.1) is 10.2 Å². The molecule has 2 aliphatic heterocycles. The van der Waals surface area contributed by atoms with Gasteiger partial charge in [-0.3, -0.25) is 0 Å². The van der Waals surface area contributed by atoms with Gasteiger partial charge >= 0.3 is 0 Å². The fraction of sp³-hybridized carbons (Fsp3) is 0.833. The number of thioether (sulfide) groups is 1. The van der Waals surface area contributed by atoms with Crippen LogP contribution < -0.4 is 5.43 Å². The second kappa shape index (κ2) is 4.42. The minimum atomic E-state index is 0.138. The van der Waals surface area contributed by atoms with Gasteiger partial charge in [0, 0.05) is 11.9 Å². The zero-order valence-corrected chi connectivity index (χ0v) is 11.2. The first-order valence-corrected chi connectivity index (χ1v) is 7.80. The van der Waals surface area contributed by atoms with Crippen molar-refractivity contribution in [1.82, 2.24) is 14.9 Å². The molecule has 3 unspecified atom stereocenters. The molecule has 98 valence electrons. The van der Waals surface area contributed by atoms with Gasteiger partial charge < -0.3 is 10.2 Å². The highest BCUT2D eigenvalue weighted by molar-refractivity contribution is 7.99. The second-order valence-corrected chi connectivity index (χ2v) is 6.56. The molecular formula is C12H18N4OS. The fourth-order valence-corrected chi connectivity index (χ4v) is 4.41. The fourth-order valence-electron chi connectivity index (χ4n) is 3.16. The molecule has 1 saturated carbocycles. The lowest BCUT2D eigenvalue weighted by atomic mass is 9.95. The van der Waals surface area contributed by atoms with E-state index < -0.39 is 0 Å². The molecule has 0 bridgehead atoms. The average Bonchev–Trinajstić information content (AvgIpc) is 3.04. The van der Waals surface area contributed by atoms with Crippen molar-refractivity contribution in [3.63, 3.8) is 0 Å². The molecule has 6 heteroatoms. The summed E-state index contributed by atoms with van der Waals surface area (Å²) in [5, 5.41) is 10.4. The van der Waals surface area contributed by atoms with E-state index in [0.717, 1.165) is 30.4 Å². The summed E-state index contributed by atoms with van der Waals surface area (Å²) < 4.78 is 7.82. The zero-order valence-electron chi connectivity index (χ0n) is 10.3. The summed E-state index contributed by atoms with van der Waals surface area (Å²) in [6.07, 6.45) is 7.58. The zero-order chi connectivity index (χ0) is 11.9. The lowest BCUT2D eigenvalue weighted by Crippen LogP contribution is -2.43. The summed E-state index contributed by atoms with van der Waals surface area (Å²) in [6, 6.07) is 0.576. The van der Waals surface area contributed by atoms with E-state index in [1.807, 2.05) is 11.8 Å². The number of aromatic nitrogens is 3. The topological polar surface area (TPSA) is 52.0 Å². The lowest BCUT2D eigenvalue weighted by Gasteiger charge is -2.36. The first-order chi connectivity index (χ1) is 8.92. The van der Waals surface area contributed by atoms with Crippen molar-refractivity contribution in [2.45, 2.75) is 61.1 Å². The number of nitrogens with zero attached hydrogens (tertiary/aromatic N) is 3. The molecule has 1 aromatic heterocycles. The molecule has 1 N–H and O–H groups in total. The van der Waals surface area contributed by atoms with Gasteiger partial charge in [0.2, 0.25) is 5.16 Å². The molecular weight excluding hydrogens is 248 g/mol. The first-order valence-electron chi connectivity index (χ1n) is 6.92. The molecule has 3 aliphatic rings. The maximum absolute atomic E-state index is 5.73. The van der Waals surface area contributed by atoms with Gasteiger partial charge in [-0.2, -0.15) is 0 Å². The van der Waals surface area contributed by atoms with Crippen molar-refractivity contribution in [3.8, 4) is 0 Å². The van der Waals surface area contributed by atoms with E-state index in [4.69, 9.17) is 4.74 Å². The second-order valence-electron chi connectivity index (χ2n) is 5.35. The van der Waals surface area contributed by atoms with Gasteiger partial charge in [0.1, 0.15) is 6.10 Å². The summed E-state index contributed by atoms with van der Waals surface area (Å²) in [5.41, 5.74) is 3.62. The van der Waals surface area contributed by atoms with Gasteiger partial charge in [0.05, 0.1) is 6.04 Å². The summed E-state index contributed by atoms with van der Waals surface area (Å²) in [6.45, 7) is 0.853. The van der Waals surface area contributed by atoms with Crippen molar-refractivity contribution >= 4 is 11.8 Å². The van der Waals surface area contributed by atoms with E-state index in [0.29, 0.717) is 11.3 Å². The molecule has 18 heavy (non-hydrogen) atoms. The highest BCUT2D eigenvalue weighted by Gasteiger charge is 2.35. The molecule has 3 atom stereocenters. The largest absolute Gasteiger partial charge is 0.370 e. The average molecular weight is 266 g/mol. The van der Waals surface area contributed by atoms with E-state index >= 15 is 0 Å².